The first kappa shape index (κ1) is 19.1. The van der Waals surface area contributed by atoms with E-state index in [0.29, 0.717) is 22.7 Å². The van der Waals surface area contributed by atoms with Gasteiger partial charge >= 0.3 is 0 Å². The Labute approximate surface area is 173 Å². The molecule has 0 unspecified atom stereocenters. The summed E-state index contributed by atoms with van der Waals surface area (Å²) >= 11 is 0. The van der Waals surface area contributed by atoms with Crippen molar-refractivity contribution in [1.82, 2.24) is 10.2 Å². The van der Waals surface area contributed by atoms with Crippen LogP contribution in [0.25, 0.3) is 22.4 Å². The number of methoxy groups -OCH3 is 1. The average Bonchev–Trinajstić information content (AvgIpc) is 2.80. The molecule has 0 aliphatic heterocycles. The minimum Gasteiger partial charge on any atom is -0.497 e. The summed E-state index contributed by atoms with van der Waals surface area (Å²) in [5, 5.41) is 9.54. The molecule has 1 heterocycles. The van der Waals surface area contributed by atoms with Crippen molar-refractivity contribution in [3.8, 4) is 28.1 Å². The van der Waals surface area contributed by atoms with Crippen LogP contribution in [0.5, 0.6) is 5.75 Å². The van der Waals surface area contributed by atoms with Crippen molar-refractivity contribution in [2.75, 3.05) is 12.4 Å². The van der Waals surface area contributed by atoms with Crippen LogP contribution in [0.4, 0.5) is 5.69 Å². The fourth-order valence-electron chi connectivity index (χ4n) is 3.25. The molecule has 0 saturated heterocycles. The van der Waals surface area contributed by atoms with Gasteiger partial charge in [0.25, 0.3) is 11.5 Å². The van der Waals surface area contributed by atoms with E-state index in [-0.39, 0.29) is 5.56 Å². The maximum atomic E-state index is 13.2. The van der Waals surface area contributed by atoms with Gasteiger partial charge in [0.2, 0.25) is 0 Å². The molecule has 0 bridgehead atoms. The Morgan fingerprint density at radius 2 is 1.57 bits per heavy atom. The molecular weight excluding hydrogens is 378 g/mol. The lowest BCUT2D eigenvalue weighted by Crippen LogP contribution is -2.26. The summed E-state index contributed by atoms with van der Waals surface area (Å²) in [6, 6.07) is 25.7. The Morgan fingerprint density at radius 1 is 0.900 bits per heavy atom. The van der Waals surface area contributed by atoms with Crippen LogP contribution in [0, 0.1) is 0 Å². The third-order valence-corrected chi connectivity index (χ3v) is 4.65. The summed E-state index contributed by atoms with van der Waals surface area (Å²) in [6.07, 6.45) is 0. The van der Waals surface area contributed by atoms with E-state index in [2.05, 4.69) is 15.5 Å². The fraction of sp³-hybridized carbons (Fsp3) is 0.0417. The zero-order chi connectivity index (χ0) is 20.9. The Hall–Kier alpha value is -4.19. The number of hydrogen-bond acceptors (Lipinski definition) is 4. The van der Waals surface area contributed by atoms with Gasteiger partial charge in [-0.1, -0.05) is 66.7 Å². The molecule has 1 aromatic heterocycles. The summed E-state index contributed by atoms with van der Waals surface area (Å²) in [4.78, 5) is 26.0. The zero-order valence-electron chi connectivity index (χ0n) is 16.3. The van der Waals surface area contributed by atoms with Crippen molar-refractivity contribution < 1.29 is 9.53 Å². The number of anilines is 1. The number of nitrogens with one attached hydrogen (secondary N) is 2. The van der Waals surface area contributed by atoms with Crippen molar-refractivity contribution in [1.29, 1.82) is 0 Å². The zero-order valence-corrected chi connectivity index (χ0v) is 16.3. The highest BCUT2D eigenvalue weighted by Gasteiger charge is 2.23. The highest BCUT2D eigenvalue weighted by Crippen LogP contribution is 2.32. The normalized spacial score (nSPS) is 10.4. The van der Waals surface area contributed by atoms with E-state index in [4.69, 9.17) is 4.74 Å². The number of carbonyl (C=O) groups excluding carboxylic acids is 1. The van der Waals surface area contributed by atoms with Crippen LogP contribution in [-0.2, 0) is 0 Å². The lowest BCUT2D eigenvalue weighted by atomic mass is 9.95. The molecule has 30 heavy (non-hydrogen) atoms. The van der Waals surface area contributed by atoms with Crippen LogP contribution < -0.4 is 15.6 Å². The summed E-state index contributed by atoms with van der Waals surface area (Å²) in [5.41, 5.74) is 2.49. The van der Waals surface area contributed by atoms with Gasteiger partial charge in [0.15, 0.2) is 0 Å². The van der Waals surface area contributed by atoms with Crippen molar-refractivity contribution in [3.63, 3.8) is 0 Å². The van der Waals surface area contributed by atoms with Gasteiger partial charge < -0.3 is 10.1 Å². The van der Waals surface area contributed by atoms with Crippen molar-refractivity contribution >= 4 is 11.6 Å². The second kappa shape index (κ2) is 8.45. The van der Waals surface area contributed by atoms with E-state index in [1.54, 1.807) is 31.4 Å². The quantitative estimate of drug-likeness (QED) is 0.524. The molecule has 0 radical (unpaired) electrons. The Bertz CT molecular complexity index is 1240. The van der Waals surface area contributed by atoms with Crippen LogP contribution in [0.2, 0.25) is 0 Å². The lowest BCUT2D eigenvalue weighted by molar-refractivity contribution is 0.102. The van der Waals surface area contributed by atoms with E-state index >= 15 is 0 Å². The third kappa shape index (κ3) is 3.84. The molecule has 0 spiro atoms. The molecule has 6 nitrogen and oxygen atoms in total. The first-order valence-electron chi connectivity index (χ1n) is 9.36. The van der Waals surface area contributed by atoms with Gasteiger partial charge in [-0.05, 0) is 17.7 Å². The summed E-state index contributed by atoms with van der Waals surface area (Å²) in [5.74, 6) is 0.0765. The molecule has 0 atom stereocenters. The van der Waals surface area contributed by atoms with E-state index in [1.165, 1.54) is 0 Å². The number of aromatic nitrogens is 2. The van der Waals surface area contributed by atoms with E-state index in [0.717, 1.165) is 11.1 Å². The van der Waals surface area contributed by atoms with Crippen LogP contribution in [0.15, 0.2) is 89.7 Å². The maximum Gasteiger partial charge on any atom is 0.277 e. The highest BCUT2D eigenvalue weighted by atomic mass is 16.5. The lowest BCUT2D eigenvalue weighted by Gasteiger charge is -2.14. The molecule has 0 saturated carbocycles. The number of hydrogen-bond donors (Lipinski definition) is 2. The number of aromatic amines is 1. The van der Waals surface area contributed by atoms with Crippen LogP contribution in [0.1, 0.15) is 10.4 Å². The summed E-state index contributed by atoms with van der Waals surface area (Å²) in [6.45, 7) is 0. The standard InChI is InChI=1S/C24H19N3O3/c1-30-19-14-8-13-18(15-19)25-23(28)21-20(16-9-4-2-5-10-16)22(26-27-24(21)29)17-11-6-3-7-12-17/h2-15H,1H3,(H,25,28)(H,27,29). The maximum absolute atomic E-state index is 13.2. The number of H-pyrrole nitrogens is 1. The van der Waals surface area contributed by atoms with E-state index in [9.17, 15) is 9.59 Å². The first-order valence-corrected chi connectivity index (χ1v) is 9.36. The smallest absolute Gasteiger partial charge is 0.277 e. The SMILES string of the molecule is COc1cccc(NC(=O)c2c(-c3ccccc3)c(-c3ccccc3)n[nH]c2=O)c1. The van der Waals surface area contributed by atoms with Gasteiger partial charge in [0.05, 0.1) is 12.8 Å². The number of amides is 1. The molecule has 1 amide bonds. The van der Waals surface area contributed by atoms with Crippen molar-refractivity contribution in [3.05, 3.63) is 101 Å². The first-order chi connectivity index (χ1) is 14.7. The van der Waals surface area contributed by atoms with Crippen molar-refractivity contribution in [2.45, 2.75) is 0 Å². The summed E-state index contributed by atoms with van der Waals surface area (Å²) in [7, 11) is 1.55. The average molecular weight is 397 g/mol. The fourth-order valence-corrected chi connectivity index (χ4v) is 3.25. The number of rotatable bonds is 5. The predicted molar refractivity (Wildman–Crippen MR) is 117 cm³/mol. The van der Waals surface area contributed by atoms with Crippen LogP contribution in [-0.4, -0.2) is 23.2 Å². The molecule has 0 aliphatic rings. The molecule has 4 aromatic rings. The third-order valence-electron chi connectivity index (χ3n) is 4.65. The van der Waals surface area contributed by atoms with Crippen LogP contribution in [0.3, 0.4) is 0 Å². The predicted octanol–water partition coefficient (Wildman–Crippen LogP) is 4.36. The van der Waals surface area contributed by atoms with Gasteiger partial charge in [-0.25, -0.2) is 5.10 Å². The number of ether oxygens (including phenoxy) is 1. The van der Waals surface area contributed by atoms with Gasteiger partial charge in [-0.3, -0.25) is 9.59 Å². The molecule has 3 aromatic carbocycles. The largest absolute Gasteiger partial charge is 0.497 e. The topological polar surface area (TPSA) is 84.1 Å². The number of carbonyl (C=O) groups is 1. The van der Waals surface area contributed by atoms with Gasteiger partial charge in [0.1, 0.15) is 11.3 Å². The number of benzene rings is 3. The number of nitrogens with zero attached hydrogens (tertiary/aromatic N) is 1. The Morgan fingerprint density at radius 3 is 2.23 bits per heavy atom. The second-order valence-electron chi connectivity index (χ2n) is 6.57. The Kier molecular flexibility index (Phi) is 5.39. The van der Waals surface area contributed by atoms with Gasteiger partial charge in [-0.2, -0.15) is 5.10 Å². The van der Waals surface area contributed by atoms with E-state index < -0.39 is 11.5 Å². The van der Waals surface area contributed by atoms with E-state index in [1.807, 2.05) is 60.7 Å². The minimum absolute atomic E-state index is 0.00197. The highest BCUT2D eigenvalue weighted by molar-refractivity contribution is 6.10. The minimum atomic E-state index is -0.561. The van der Waals surface area contributed by atoms with Gasteiger partial charge in [-0.15, -0.1) is 0 Å². The Balaban J connectivity index is 1.88. The molecule has 0 aliphatic carbocycles. The second-order valence-corrected chi connectivity index (χ2v) is 6.57. The summed E-state index contributed by atoms with van der Waals surface area (Å²) < 4.78 is 5.21. The molecule has 2 N–H and O–H groups in total. The molecule has 0 fully saturated rings. The van der Waals surface area contributed by atoms with Gasteiger partial charge in [0, 0.05) is 22.9 Å². The molecule has 148 valence electrons. The molecular formula is C24H19N3O3. The monoisotopic (exact) mass is 397 g/mol. The molecule has 4 rings (SSSR count). The van der Waals surface area contributed by atoms with Crippen molar-refractivity contribution in [2.24, 2.45) is 0 Å². The molecule has 6 heteroatoms. The van der Waals surface area contributed by atoms with Crippen LogP contribution >= 0.6 is 0 Å².